The molecule has 2 aliphatic rings. The normalized spacial score (nSPS) is 19.2. The second-order valence-electron chi connectivity index (χ2n) is 9.80. The summed E-state index contributed by atoms with van der Waals surface area (Å²) in [6.07, 6.45) is 7.61. The van der Waals surface area contributed by atoms with Gasteiger partial charge in [0.1, 0.15) is 6.04 Å². The molecule has 0 unspecified atom stereocenters. The summed E-state index contributed by atoms with van der Waals surface area (Å²) in [4.78, 5) is 17.2. The number of aromatic nitrogens is 1. The highest BCUT2D eigenvalue weighted by atomic mass is 32.2. The van der Waals surface area contributed by atoms with E-state index in [4.69, 9.17) is 0 Å². The van der Waals surface area contributed by atoms with Crippen LogP contribution in [0.4, 0.5) is 22.0 Å². The molecule has 1 amide bonds. The maximum absolute atomic E-state index is 14.3. The quantitative estimate of drug-likeness (QED) is 0.278. The average Bonchev–Trinajstić information content (AvgIpc) is 2.84. The summed E-state index contributed by atoms with van der Waals surface area (Å²) in [5.41, 5.74) is 1.71. The summed E-state index contributed by atoms with van der Waals surface area (Å²) < 4.78 is 95.6. The maximum Gasteiger partial charge on any atom is 0.249 e. The molecule has 1 atom stereocenters. The van der Waals surface area contributed by atoms with Gasteiger partial charge in [0.2, 0.25) is 21.7 Å². The summed E-state index contributed by atoms with van der Waals surface area (Å²) in [5, 5.41) is 0. The summed E-state index contributed by atoms with van der Waals surface area (Å²) in [7, 11) is -5.20. The summed E-state index contributed by atoms with van der Waals surface area (Å²) in [5.74, 6) is -12.3. The smallest absolute Gasteiger partial charge is 0.249 e. The fourth-order valence-corrected chi connectivity index (χ4v) is 6.66. The Bertz CT molecular complexity index is 1250. The molecule has 37 heavy (non-hydrogen) atoms. The summed E-state index contributed by atoms with van der Waals surface area (Å²) in [6, 6.07) is 2.07. The van der Waals surface area contributed by atoms with Gasteiger partial charge in [-0.1, -0.05) is 25.3 Å². The molecule has 1 aliphatic heterocycles. The minimum Gasteiger partial charge on any atom is -0.333 e. The highest BCUT2D eigenvalue weighted by molar-refractivity contribution is 7.89. The third-order valence-corrected chi connectivity index (χ3v) is 9.08. The summed E-state index contributed by atoms with van der Waals surface area (Å²) in [6.45, 7) is 3.19. The first-order chi connectivity index (χ1) is 17.4. The topological polar surface area (TPSA) is 70.6 Å². The van der Waals surface area contributed by atoms with Crippen LogP contribution in [0.2, 0.25) is 0 Å². The van der Waals surface area contributed by atoms with E-state index in [1.165, 1.54) is 24.2 Å². The van der Waals surface area contributed by atoms with E-state index in [0.29, 0.717) is 15.9 Å². The number of sulfonamides is 1. The van der Waals surface area contributed by atoms with Crippen molar-refractivity contribution in [2.75, 3.05) is 6.54 Å². The van der Waals surface area contributed by atoms with Gasteiger partial charge in [0.05, 0.1) is 12.2 Å². The molecule has 0 spiro atoms. The Balaban J connectivity index is 1.54. The van der Waals surface area contributed by atoms with Gasteiger partial charge in [0, 0.05) is 18.8 Å². The van der Waals surface area contributed by atoms with Crippen LogP contribution in [0.1, 0.15) is 69.5 Å². The van der Waals surface area contributed by atoms with Crippen LogP contribution < -0.4 is 0 Å². The standard InChI is InChI=1S/C25H28F5N3O3S/c1-14(2)32(13-17-9-8-16(12-31-17)15-6-4-3-5-7-15)25(34)18-10-11-33(18)37(35,36)24-22(29)20(27)19(26)21(28)23(24)30/h8-9,12,14-15,18H,3-7,10-11,13H2,1-2H3/t18-/m1/s1. The molecule has 12 heteroatoms. The molecule has 0 bridgehead atoms. The zero-order valence-electron chi connectivity index (χ0n) is 20.5. The van der Waals surface area contributed by atoms with Crippen molar-refractivity contribution in [2.45, 2.75) is 81.8 Å². The van der Waals surface area contributed by atoms with Gasteiger partial charge in [-0.2, -0.15) is 4.31 Å². The van der Waals surface area contributed by atoms with E-state index < -0.39 is 56.0 Å². The number of nitrogens with zero attached hydrogens (tertiary/aromatic N) is 3. The number of carbonyl (C=O) groups is 1. The number of pyridine rings is 1. The van der Waals surface area contributed by atoms with Crippen molar-refractivity contribution in [1.29, 1.82) is 0 Å². The number of hydrogen-bond acceptors (Lipinski definition) is 4. The fourth-order valence-electron chi connectivity index (χ4n) is 4.91. The molecule has 1 saturated heterocycles. The Hall–Kier alpha value is -2.60. The minimum atomic E-state index is -5.20. The average molecular weight is 546 g/mol. The Morgan fingerprint density at radius 1 is 0.973 bits per heavy atom. The molecule has 2 fully saturated rings. The van der Waals surface area contributed by atoms with Crippen LogP contribution >= 0.6 is 0 Å². The number of halogens is 5. The molecule has 6 nitrogen and oxygen atoms in total. The predicted octanol–water partition coefficient (Wildman–Crippen LogP) is 5.03. The zero-order chi connectivity index (χ0) is 27.1. The lowest BCUT2D eigenvalue weighted by atomic mass is 9.85. The Labute approximate surface area is 212 Å². The highest BCUT2D eigenvalue weighted by Crippen LogP contribution is 2.35. The van der Waals surface area contributed by atoms with Crippen molar-refractivity contribution in [3.8, 4) is 0 Å². The molecule has 202 valence electrons. The van der Waals surface area contributed by atoms with E-state index in [1.807, 2.05) is 12.1 Å². The van der Waals surface area contributed by atoms with Crippen LogP contribution in [0.25, 0.3) is 0 Å². The Kier molecular flexibility index (Phi) is 7.89. The first-order valence-corrected chi connectivity index (χ1v) is 13.7. The molecule has 1 aliphatic carbocycles. The van der Waals surface area contributed by atoms with E-state index >= 15 is 0 Å². The number of benzene rings is 1. The molecule has 4 rings (SSSR count). The summed E-state index contributed by atoms with van der Waals surface area (Å²) >= 11 is 0. The lowest BCUT2D eigenvalue weighted by Crippen LogP contribution is -2.59. The highest BCUT2D eigenvalue weighted by Gasteiger charge is 2.48. The van der Waals surface area contributed by atoms with Gasteiger partial charge in [-0.15, -0.1) is 0 Å². The van der Waals surface area contributed by atoms with E-state index in [9.17, 15) is 35.2 Å². The van der Waals surface area contributed by atoms with Gasteiger partial charge in [0.25, 0.3) is 0 Å². The Morgan fingerprint density at radius 2 is 1.57 bits per heavy atom. The monoisotopic (exact) mass is 545 g/mol. The number of carbonyl (C=O) groups excluding carboxylic acids is 1. The lowest BCUT2D eigenvalue weighted by molar-refractivity contribution is -0.141. The third-order valence-electron chi connectivity index (χ3n) is 7.15. The number of amides is 1. The minimum absolute atomic E-state index is 0.0325. The van der Waals surface area contributed by atoms with Crippen molar-refractivity contribution >= 4 is 15.9 Å². The van der Waals surface area contributed by atoms with Crippen LogP contribution in [0.15, 0.2) is 23.2 Å². The molecule has 1 aromatic heterocycles. The lowest BCUT2D eigenvalue weighted by Gasteiger charge is -2.42. The van der Waals surface area contributed by atoms with Crippen LogP contribution in [-0.2, 0) is 21.4 Å². The SMILES string of the molecule is CC(C)N(Cc1ccc(C2CCCCC2)cn1)C(=O)[C@H]1CCN1S(=O)(=O)c1c(F)c(F)c(F)c(F)c1F. The zero-order valence-corrected chi connectivity index (χ0v) is 21.3. The number of rotatable bonds is 7. The molecule has 2 heterocycles. The second kappa shape index (κ2) is 10.6. The van der Waals surface area contributed by atoms with Crippen molar-refractivity contribution in [1.82, 2.24) is 14.2 Å². The first-order valence-electron chi connectivity index (χ1n) is 12.2. The van der Waals surface area contributed by atoms with Crippen LogP contribution in [0, 0.1) is 29.1 Å². The van der Waals surface area contributed by atoms with Gasteiger partial charge in [0.15, 0.2) is 28.2 Å². The van der Waals surface area contributed by atoms with Crippen molar-refractivity contribution in [3.05, 3.63) is 58.7 Å². The fraction of sp³-hybridized carbons (Fsp3) is 0.520. The number of hydrogen-bond donors (Lipinski definition) is 0. The molecular formula is C25H28F5N3O3S. The van der Waals surface area contributed by atoms with Crippen LogP contribution in [-0.4, -0.2) is 47.1 Å². The van der Waals surface area contributed by atoms with Gasteiger partial charge in [-0.05, 0) is 50.7 Å². The predicted molar refractivity (Wildman–Crippen MR) is 124 cm³/mol. The first kappa shape index (κ1) is 27.4. The van der Waals surface area contributed by atoms with E-state index in [2.05, 4.69) is 4.98 Å². The Morgan fingerprint density at radius 3 is 2.05 bits per heavy atom. The van der Waals surface area contributed by atoms with E-state index in [-0.39, 0.29) is 25.6 Å². The van der Waals surface area contributed by atoms with Crippen LogP contribution in [0.3, 0.4) is 0 Å². The third kappa shape index (κ3) is 5.09. The molecule has 1 saturated carbocycles. The van der Waals surface area contributed by atoms with E-state index in [0.717, 1.165) is 18.4 Å². The van der Waals surface area contributed by atoms with Crippen molar-refractivity contribution in [2.24, 2.45) is 0 Å². The van der Waals surface area contributed by atoms with Crippen molar-refractivity contribution < 1.29 is 35.2 Å². The molecular weight excluding hydrogens is 517 g/mol. The largest absolute Gasteiger partial charge is 0.333 e. The van der Waals surface area contributed by atoms with Crippen molar-refractivity contribution in [3.63, 3.8) is 0 Å². The van der Waals surface area contributed by atoms with E-state index in [1.54, 1.807) is 20.0 Å². The van der Waals surface area contributed by atoms with Gasteiger partial charge < -0.3 is 4.90 Å². The molecule has 2 aromatic rings. The van der Waals surface area contributed by atoms with Gasteiger partial charge in [-0.3, -0.25) is 9.78 Å². The van der Waals surface area contributed by atoms with Crippen LogP contribution in [0.5, 0.6) is 0 Å². The molecule has 0 radical (unpaired) electrons. The second-order valence-corrected chi connectivity index (χ2v) is 11.6. The molecule has 0 N–H and O–H groups in total. The maximum atomic E-state index is 14.3. The van der Waals surface area contributed by atoms with Gasteiger partial charge in [-0.25, -0.2) is 30.4 Å². The molecule has 1 aromatic carbocycles. The van der Waals surface area contributed by atoms with Gasteiger partial charge >= 0.3 is 0 Å².